The van der Waals surface area contributed by atoms with Crippen LogP contribution in [0.2, 0.25) is 0 Å². The molecule has 0 fully saturated rings. The maximum absolute atomic E-state index is 11.1. The summed E-state index contributed by atoms with van der Waals surface area (Å²) in [7, 11) is 0. The lowest BCUT2D eigenvalue weighted by atomic mass is 10.2. The molecule has 0 atom stereocenters. The van der Waals surface area contributed by atoms with Gasteiger partial charge < -0.3 is 11.1 Å². The van der Waals surface area contributed by atoms with E-state index >= 15 is 0 Å². The van der Waals surface area contributed by atoms with Gasteiger partial charge in [0.15, 0.2) is 5.78 Å². The van der Waals surface area contributed by atoms with E-state index in [-0.39, 0.29) is 5.78 Å². The second-order valence-electron chi connectivity index (χ2n) is 5.67. The Hall–Kier alpha value is -2.99. The molecular formula is C23H30N2O. The van der Waals surface area contributed by atoms with Crippen molar-refractivity contribution in [2.24, 2.45) is 0 Å². The molecule has 3 nitrogen and oxygen atoms in total. The zero-order valence-electron chi connectivity index (χ0n) is 16.7. The summed E-state index contributed by atoms with van der Waals surface area (Å²) in [5.74, 6) is 5.41. The molecule has 0 aliphatic rings. The van der Waals surface area contributed by atoms with Gasteiger partial charge in [-0.3, -0.25) is 4.79 Å². The lowest BCUT2D eigenvalue weighted by Gasteiger charge is -2.07. The van der Waals surface area contributed by atoms with Crippen molar-refractivity contribution in [3.63, 3.8) is 0 Å². The number of aryl methyl sites for hydroxylation is 2. The van der Waals surface area contributed by atoms with Crippen LogP contribution in [-0.4, -0.2) is 5.78 Å². The highest BCUT2D eigenvalue weighted by Gasteiger charge is 2.01. The van der Waals surface area contributed by atoms with Crippen molar-refractivity contribution in [1.29, 1.82) is 0 Å². The van der Waals surface area contributed by atoms with Crippen molar-refractivity contribution >= 4 is 17.2 Å². The molecular weight excluding hydrogens is 320 g/mol. The number of nitrogens with two attached hydrogens (primary N) is 1. The molecule has 138 valence electrons. The number of nitrogens with one attached hydrogen (secondary N) is 1. The zero-order chi connectivity index (χ0) is 19.9. The molecule has 2 aromatic carbocycles. The molecule has 2 rings (SSSR count). The van der Waals surface area contributed by atoms with Crippen LogP contribution in [0.1, 0.15) is 38.8 Å². The van der Waals surface area contributed by atoms with Crippen LogP contribution in [0.4, 0.5) is 11.4 Å². The summed E-state index contributed by atoms with van der Waals surface area (Å²) in [5, 5.41) is 3.08. The predicted octanol–water partition coefficient (Wildman–Crippen LogP) is 5.51. The monoisotopic (exact) mass is 350 g/mol. The van der Waals surface area contributed by atoms with Gasteiger partial charge in [0.2, 0.25) is 0 Å². The molecule has 0 radical (unpaired) electrons. The molecule has 0 aliphatic heterocycles. The number of allylic oxidation sites excluding steroid dienone is 2. The van der Waals surface area contributed by atoms with Gasteiger partial charge >= 0.3 is 0 Å². The number of anilines is 2. The van der Waals surface area contributed by atoms with Crippen LogP contribution in [0, 0.1) is 25.7 Å². The second-order valence-corrected chi connectivity index (χ2v) is 5.67. The van der Waals surface area contributed by atoms with Crippen molar-refractivity contribution in [3.8, 4) is 11.8 Å². The van der Waals surface area contributed by atoms with E-state index in [9.17, 15) is 4.79 Å². The Labute approximate surface area is 158 Å². The minimum atomic E-state index is 0.0500. The molecule has 0 bridgehead atoms. The number of hydrogen-bond donors (Lipinski definition) is 2. The minimum absolute atomic E-state index is 0.0500. The van der Waals surface area contributed by atoms with Crippen molar-refractivity contribution in [2.75, 3.05) is 11.1 Å². The van der Waals surface area contributed by atoms with Gasteiger partial charge in [0.05, 0.1) is 5.70 Å². The normalized spacial score (nSPS) is 9.38. The predicted molar refractivity (Wildman–Crippen MR) is 114 cm³/mol. The van der Waals surface area contributed by atoms with Gasteiger partial charge in [0, 0.05) is 18.3 Å². The highest BCUT2D eigenvalue weighted by atomic mass is 16.1. The number of Topliss-reactive ketones (excluding diaryl/α,β-unsaturated/α-hetero) is 1. The first-order chi connectivity index (χ1) is 12.3. The summed E-state index contributed by atoms with van der Waals surface area (Å²) in [4.78, 5) is 11.1. The molecule has 0 aliphatic carbocycles. The lowest BCUT2D eigenvalue weighted by Crippen LogP contribution is -2.07. The average molecular weight is 351 g/mol. The molecule has 0 saturated heterocycles. The SMILES string of the molecule is C/C=C(\Nc1cccc(C)c1)C(C)=O.CC#CC.Cc1cccc(N)c1. The van der Waals surface area contributed by atoms with E-state index in [4.69, 9.17) is 5.73 Å². The maximum Gasteiger partial charge on any atom is 0.175 e. The number of carbonyl (C=O) groups excluding carboxylic acids is 1. The minimum Gasteiger partial charge on any atom is -0.399 e. The number of hydrogen-bond acceptors (Lipinski definition) is 3. The number of carbonyl (C=O) groups is 1. The highest BCUT2D eigenvalue weighted by Crippen LogP contribution is 2.12. The van der Waals surface area contributed by atoms with Crippen molar-refractivity contribution in [2.45, 2.75) is 41.5 Å². The lowest BCUT2D eigenvalue weighted by molar-refractivity contribution is -0.113. The number of rotatable bonds is 3. The van der Waals surface area contributed by atoms with Gasteiger partial charge in [0.25, 0.3) is 0 Å². The summed E-state index contributed by atoms with van der Waals surface area (Å²) in [6.45, 7) is 11.1. The average Bonchev–Trinajstić information content (AvgIpc) is 2.60. The first-order valence-corrected chi connectivity index (χ1v) is 8.50. The Morgan fingerprint density at radius 1 is 1.00 bits per heavy atom. The topological polar surface area (TPSA) is 55.1 Å². The third-order valence-corrected chi connectivity index (χ3v) is 3.26. The summed E-state index contributed by atoms with van der Waals surface area (Å²) in [6, 6.07) is 15.7. The molecule has 0 heterocycles. The van der Waals surface area contributed by atoms with Crippen LogP contribution in [0.25, 0.3) is 0 Å². The Balaban J connectivity index is 0.000000437. The molecule has 0 amide bonds. The Bertz CT molecular complexity index is 757. The Kier molecular flexibility index (Phi) is 11.8. The molecule has 0 aromatic heterocycles. The summed E-state index contributed by atoms with van der Waals surface area (Å²) >= 11 is 0. The van der Waals surface area contributed by atoms with Gasteiger partial charge in [-0.15, -0.1) is 11.8 Å². The van der Waals surface area contributed by atoms with Gasteiger partial charge in [-0.1, -0.05) is 30.3 Å². The van der Waals surface area contributed by atoms with Gasteiger partial charge in [-0.2, -0.15) is 0 Å². The van der Waals surface area contributed by atoms with Gasteiger partial charge in [-0.05, 0) is 70.0 Å². The van der Waals surface area contributed by atoms with Crippen LogP contribution in [0.5, 0.6) is 0 Å². The van der Waals surface area contributed by atoms with Crippen LogP contribution in [-0.2, 0) is 4.79 Å². The first-order valence-electron chi connectivity index (χ1n) is 8.50. The van der Waals surface area contributed by atoms with Gasteiger partial charge in [-0.25, -0.2) is 0 Å². The molecule has 2 aromatic rings. The third kappa shape index (κ3) is 10.7. The van der Waals surface area contributed by atoms with E-state index in [2.05, 4.69) is 17.2 Å². The van der Waals surface area contributed by atoms with E-state index in [0.29, 0.717) is 5.70 Å². The molecule has 0 spiro atoms. The maximum atomic E-state index is 11.1. The summed E-state index contributed by atoms with van der Waals surface area (Å²) in [6.07, 6.45) is 1.78. The molecule has 3 heteroatoms. The first kappa shape index (κ1) is 23.0. The fourth-order valence-electron chi connectivity index (χ4n) is 1.91. The zero-order valence-corrected chi connectivity index (χ0v) is 16.7. The molecule has 3 N–H and O–H groups in total. The summed E-state index contributed by atoms with van der Waals surface area (Å²) in [5.41, 5.74) is 10.3. The smallest absolute Gasteiger partial charge is 0.175 e. The highest BCUT2D eigenvalue weighted by molar-refractivity contribution is 5.96. The fraction of sp³-hybridized carbons (Fsp3) is 0.261. The van der Waals surface area contributed by atoms with Crippen LogP contribution in [0.15, 0.2) is 60.3 Å². The van der Waals surface area contributed by atoms with E-state index in [1.807, 2.05) is 83.1 Å². The van der Waals surface area contributed by atoms with Crippen LogP contribution < -0.4 is 11.1 Å². The van der Waals surface area contributed by atoms with Crippen molar-refractivity contribution in [1.82, 2.24) is 0 Å². The summed E-state index contributed by atoms with van der Waals surface area (Å²) < 4.78 is 0. The van der Waals surface area contributed by atoms with E-state index < -0.39 is 0 Å². The Morgan fingerprint density at radius 2 is 1.54 bits per heavy atom. The van der Waals surface area contributed by atoms with E-state index in [1.54, 1.807) is 13.0 Å². The van der Waals surface area contributed by atoms with Gasteiger partial charge in [0.1, 0.15) is 0 Å². The third-order valence-electron chi connectivity index (χ3n) is 3.26. The fourth-order valence-corrected chi connectivity index (χ4v) is 1.91. The Morgan fingerprint density at radius 3 is 1.88 bits per heavy atom. The van der Waals surface area contributed by atoms with Crippen LogP contribution >= 0.6 is 0 Å². The van der Waals surface area contributed by atoms with Crippen molar-refractivity contribution in [3.05, 3.63) is 71.4 Å². The number of nitrogen functional groups attached to an aromatic ring is 1. The number of benzene rings is 2. The molecule has 26 heavy (non-hydrogen) atoms. The molecule has 0 saturated carbocycles. The van der Waals surface area contributed by atoms with Crippen LogP contribution in [0.3, 0.4) is 0 Å². The molecule has 0 unspecified atom stereocenters. The number of ketones is 1. The quantitative estimate of drug-likeness (QED) is 0.436. The van der Waals surface area contributed by atoms with E-state index in [1.165, 1.54) is 11.1 Å². The van der Waals surface area contributed by atoms with Crippen molar-refractivity contribution < 1.29 is 4.79 Å². The standard InChI is InChI=1S/C12H15NO.C7H9N.C4H6/c1-4-12(10(3)14)13-11-7-5-6-9(2)8-11;1-6-3-2-4-7(8)5-6;1-3-4-2/h4-8,13H,1-3H3;2-5H,8H2,1H3;1-2H3/b12-4-;;. The second kappa shape index (κ2) is 13.3. The largest absolute Gasteiger partial charge is 0.399 e. The van der Waals surface area contributed by atoms with E-state index in [0.717, 1.165) is 11.4 Å².